The van der Waals surface area contributed by atoms with Crippen LogP contribution in [0.25, 0.3) is 44.3 Å². The number of hydrogen-bond acceptors (Lipinski definition) is 0. The summed E-state index contributed by atoms with van der Waals surface area (Å²) in [4.78, 5) is 0. The number of hydrogen-bond donors (Lipinski definition) is 0. The summed E-state index contributed by atoms with van der Waals surface area (Å²) >= 11 is 3.65. The zero-order chi connectivity index (χ0) is 18.7. The molecule has 0 saturated heterocycles. The van der Waals surface area contributed by atoms with E-state index in [-0.39, 0.29) is 0 Å². The van der Waals surface area contributed by atoms with Gasteiger partial charge in [0, 0.05) is 20.9 Å². The van der Waals surface area contributed by atoms with Gasteiger partial charge in [-0.3, -0.25) is 0 Å². The predicted molar refractivity (Wildman–Crippen MR) is 123 cm³/mol. The molecule has 0 saturated carbocycles. The van der Waals surface area contributed by atoms with Gasteiger partial charge < -0.3 is 4.57 Å². The maximum Gasteiger partial charge on any atom is 0.0547 e. The fourth-order valence-corrected chi connectivity index (χ4v) is 5.07. The van der Waals surface area contributed by atoms with E-state index in [1.165, 1.54) is 49.4 Å². The molecule has 0 radical (unpaired) electrons. The molecule has 0 atom stereocenters. The van der Waals surface area contributed by atoms with Gasteiger partial charge in [0.05, 0.1) is 11.0 Å². The summed E-state index contributed by atoms with van der Waals surface area (Å²) < 4.78 is 3.50. The summed E-state index contributed by atoms with van der Waals surface area (Å²) in [5.41, 5.74) is 6.56. The molecule has 0 spiro atoms. The highest BCUT2D eigenvalue weighted by atomic mass is 79.9. The normalized spacial score (nSPS) is 13.5. The first-order valence-electron chi connectivity index (χ1n) is 9.71. The third kappa shape index (κ3) is 2.25. The van der Waals surface area contributed by atoms with Crippen LogP contribution in [0.5, 0.6) is 0 Å². The van der Waals surface area contributed by atoms with Gasteiger partial charge in [0.25, 0.3) is 0 Å². The smallest absolute Gasteiger partial charge is 0.0547 e. The fraction of sp³-hybridized carbons (Fsp3) is 0.0769. The number of aryl methyl sites for hydroxylation is 1. The first kappa shape index (κ1) is 16.1. The van der Waals surface area contributed by atoms with Crippen molar-refractivity contribution in [3.63, 3.8) is 0 Å². The number of fused-ring (bicyclic) bond motifs is 7. The molecule has 1 aliphatic rings. The largest absolute Gasteiger partial charge is 0.309 e. The Kier molecular flexibility index (Phi) is 3.51. The first-order chi connectivity index (χ1) is 13.8. The molecule has 2 heteroatoms. The highest BCUT2D eigenvalue weighted by molar-refractivity contribution is 9.10. The van der Waals surface area contributed by atoms with Crippen molar-refractivity contribution in [1.29, 1.82) is 0 Å². The van der Waals surface area contributed by atoms with E-state index in [1.54, 1.807) is 0 Å². The maximum atomic E-state index is 3.65. The van der Waals surface area contributed by atoms with Gasteiger partial charge in [-0.2, -0.15) is 0 Å². The monoisotopic (exact) mass is 423 g/mol. The molecule has 1 nitrogen and oxygen atoms in total. The Balaban J connectivity index is 1.89. The van der Waals surface area contributed by atoms with Gasteiger partial charge in [-0.15, -0.1) is 0 Å². The van der Waals surface area contributed by atoms with Crippen molar-refractivity contribution in [2.45, 2.75) is 12.8 Å². The lowest BCUT2D eigenvalue weighted by molar-refractivity contribution is 0.989. The first-order valence-corrected chi connectivity index (χ1v) is 10.5. The highest BCUT2D eigenvalue weighted by Crippen LogP contribution is 2.41. The minimum Gasteiger partial charge on any atom is -0.309 e. The molecule has 4 aromatic carbocycles. The Labute approximate surface area is 172 Å². The second-order valence-electron chi connectivity index (χ2n) is 7.47. The topological polar surface area (TPSA) is 4.93 Å². The number of halogens is 1. The van der Waals surface area contributed by atoms with Gasteiger partial charge in [0.2, 0.25) is 0 Å². The molecule has 5 aromatic rings. The summed E-state index contributed by atoms with van der Waals surface area (Å²) in [5.74, 6) is 0. The van der Waals surface area contributed by atoms with Gasteiger partial charge in [0.1, 0.15) is 0 Å². The molecule has 6 rings (SSSR count). The highest BCUT2D eigenvalue weighted by Gasteiger charge is 2.19. The van der Waals surface area contributed by atoms with Crippen LogP contribution in [0.4, 0.5) is 0 Å². The molecule has 1 aliphatic carbocycles. The van der Waals surface area contributed by atoms with Crippen molar-refractivity contribution >= 4 is 54.6 Å². The van der Waals surface area contributed by atoms with Crippen LogP contribution in [-0.4, -0.2) is 4.57 Å². The van der Waals surface area contributed by atoms with E-state index in [0.717, 1.165) is 17.3 Å². The van der Waals surface area contributed by atoms with E-state index in [4.69, 9.17) is 0 Å². The summed E-state index contributed by atoms with van der Waals surface area (Å²) in [5, 5.41) is 5.35. The van der Waals surface area contributed by atoms with Gasteiger partial charge in [-0.05, 0) is 65.1 Å². The number of allylic oxidation sites excluding steroid dienone is 1. The van der Waals surface area contributed by atoms with Crippen molar-refractivity contribution in [3.8, 4) is 5.69 Å². The molecule has 0 fully saturated rings. The number of nitrogens with zero attached hydrogens (tertiary/aromatic N) is 1. The average Bonchev–Trinajstić information content (AvgIpc) is 3.09. The van der Waals surface area contributed by atoms with Crippen LogP contribution in [0.15, 0.2) is 83.3 Å². The third-order valence-corrected chi connectivity index (χ3v) is 6.38. The van der Waals surface area contributed by atoms with Gasteiger partial charge in [-0.1, -0.05) is 70.5 Å². The van der Waals surface area contributed by atoms with Crippen LogP contribution in [0.1, 0.15) is 17.5 Å². The molecular weight excluding hydrogens is 406 g/mol. The standard InChI is InChI=1S/C26H18BrN/c27-19-8-5-9-20(16-19)28-23-14-12-17-6-1-3-10-21(17)25(23)26-22-11-4-2-7-18(22)13-15-24(26)28/h1,3-6,8-16H,2,7H2. The molecular formula is C26H18BrN. The van der Waals surface area contributed by atoms with Crippen LogP contribution >= 0.6 is 15.9 Å². The minimum atomic E-state index is 1.10. The van der Waals surface area contributed by atoms with Crippen LogP contribution in [-0.2, 0) is 6.42 Å². The quantitative estimate of drug-likeness (QED) is 0.260. The van der Waals surface area contributed by atoms with E-state index in [9.17, 15) is 0 Å². The van der Waals surface area contributed by atoms with Crippen molar-refractivity contribution < 1.29 is 0 Å². The third-order valence-electron chi connectivity index (χ3n) is 5.88. The zero-order valence-electron chi connectivity index (χ0n) is 15.3. The van der Waals surface area contributed by atoms with Crippen molar-refractivity contribution in [1.82, 2.24) is 4.57 Å². The van der Waals surface area contributed by atoms with Crippen molar-refractivity contribution in [3.05, 3.63) is 94.5 Å². The lowest BCUT2D eigenvalue weighted by Crippen LogP contribution is -1.96. The number of benzene rings is 4. The van der Waals surface area contributed by atoms with Gasteiger partial charge >= 0.3 is 0 Å². The van der Waals surface area contributed by atoms with E-state index < -0.39 is 0 Å². The van der Waals surface area contributed by atoms with Crippen molar-refractivity contribution in [2.24, 2.45) is 0 Å². The minimum absolute atomic E-state index is 1.10. The molecule has 1 aromatic heterocycles. The lowest BCUT2D eigenvalue weighted by atomic mass is 9.92. The Bertz CT molecular complexity index is 1420. The Morgan fingerprint density at radius 1 is 0.786 bits per heavy atom. The van der Waals surface area contributed by atoms with Crippen LogP contribution in [0.3, 0.4) is 0 Å². The van der Waals surface area contributed by atoms with Crippen LogP contribution in [0.2, 0.25) is 0 Å². The zero-order valence-corrected chi connectivity index (χ0v) is 16.9. The number of aromatic nitrogens is 1. The van der Waals surface area contributed by atoms with Crippen LogP contribution in [0, 0.1) is 0 Å². The lowest BCUT2D eigenvalue weighted by Gasteiger charge is -2.13. The number of rotatable bonds is 1. The van der Waals surface area contributed by atoms with E-state index in [2.05, 4.69) is 105 Å². The van der Waals surface area contributed by atoms with Crippen molar-refractivity contribution in [2.75, 3.05) is 0 Å². The summed E-state index contributed by atoms with van der Waals surface area (Å²) in [6.45, 7) is 0. The van der Waals surface area contributed by atoms with Gasteiger partial charge in [0.15, 0.2) is 0 Å². The predicted octanol–water partition coefficient (Wildman–Crippen LogP) is 7.66. The van der Waals surface area contributed by atoms with E-state index >= 15 is 0 Å². The molecule has 0 bridgehead atoms. The van der Waals surface area contributed by atoms with E-state index in [0.29, 0.717) is 0 Å². The second kappa shape index (κ2) is 6.08. The SMILES string of the molecule is Brc1cccc(-n2c3ccc4c(c3c3c5ccccc5ccc32)C=CCC4)c1. The Morgan fingerprint density at radius 2 is 1.64 bits per heavy atom. The maximum absolute atomic E-state index is 3.65. The summed E-state index contributed by atoms with van der Waals surface area (Å²) in [7, 11) is 0. The molecule has 0 aliphatic heterocycles. The van der Waals surface area contributed by atoms with E-state index in [1.807, 2.05) is 0 Å². The fourth-order valence-electron chi connectivity index (χ4n) is 4.68. The summed E-state index contributed by atoms with van der Waals surface area (Å²) in [6, 6.07) is 26.5. The molecule has 0 amide bonds. The molecule has 28 heavy (non-hydrogen) atoms. The second-order valence-corrected chi connectivity index (χ2v) is 8.39. The molecule has 0 N–H and O–H groups in total. The van der Waals surface area contributed by atoms with Gasteiger partial charge in [-0.25, -0.2) is 0 Å². The van der Waals surface area contributed by atoms with Crippen LogP contribution < -0.4 is 0 Å². The summed E-state index contributed by atoms with van der Waals surface area (Å²) in [6.07, 6.45) is 6.89. The molecule has 1 heterocycles. The molecule has 134 valence electrons. The Hall–Kier alpha value is -2.84. The average molecular weight is 424 g/mol. The molecule has 0 unspecified atom stereocenters. The Morgan fingerprint density at radius 3 is 2.57 bits per heavy atom.